The molecule has 0 unspecified atom stereocenters. The molecule has 1 heterocycles. The van der Waals surface area contributed by atoms with E-state index in [2.05, 4.69) is 10.4 Å². The van der Waals surface area contributed by atoms with Crippen LogP contribution in [0.1, 0.15) is 34.9 Å². The molecule has 0 spiro atoms. The van der Waals surface area contributed by atoms with Gasteiger partial charge in [-0.1, -0.05) is 24.3 Å². The molecule has 0 radical (unpaired) electrons. The molecule has 1 aromatic heterocycles. The molecule has 0 aliphatic heterocycles. The Morgan fingerprint density at radius 2 is 1.76 bits per heavy atom. The zero-order valence-corrected chi connectivity index (χ0v) is 15.3. The molecule has 2 aromatic carbocycles. The molecule has 4 rings (SSSR count). The summed E-state index contributed by atoms with van der Waals surface area (Å²) >= 11 is 0. The van der Waals surface area contributed by atoms with E-state index >= 15 is 0 Å². The summed E-state index contributed by atoms with van der Waals surface area (Å²) < 4.78 is 33.8. The van der Waals surface area contributed by atoms with E-state index in [0.717, 1.165) is 30.7 Å². The van der Waals surface area contributed by atoms with Crippen molar-refractivity contribution in [1.29, 1.82) is 0 Å². The average molecular weight is 397 g/mol. The van der Waals surface area contributed by atoms with Gasteiger partial charge < -0.3 is 10.1 Å². The highest BCUT2D eigenvalue weighted by Crippen LogP contribution is 2.39. The molecule has 29 heavy (non-hydrogen) atoms. The lowest BCUT2D eigenvalue weighted by atomic mass is 10.2. The van der Waals surface area contributed by atoms with Gasteiger partial charge in [0.2, 0.25) is 0 Å². The number of halogens is 2. The largest absolute Gasteiger partial charge is 0.451 e. The van der Waals surface area contributed by atoms with Gasteiger partial charge in [0.05, 0.1) is 11.4 Å². The second-order valence-electron chi connectivity index (χ2n) is 6.70. The van der Waals surface area contributed by atoms with E-state index in [-0.39, 0.29) is 5.69 Å². The summed E-state index contributed by atoms with van der Waals surface area (Å²) in [5, 5.41) is 6.57. The Morgan fingerprint density at radius 1 is 1.07 bits per heavy atom. The molecule has 6 nitrogen and oxygen atoms in total. The van der Waals surface area contributed by atoms with Gasteiger partial charge in [0, 0.05) is 5.92 Å². The first-order valence-corrected chi connectivity index (χ1v) is 9.09. The van der Waals surface area contributed by atoms with Crippen molar-refractivity contribution >= 4 is 17.6 Å². The van der Waals surface area contributed by atoms with Crippen LogP contribution in [0.4, 0.5) is 14.5 Å². The molecular weight excluding hydrogens is 380 g/mol. The van der Waals surface area contributed by atoms with Gasteiger partial charge in [-0.25, -0.2) is 18.3 Å². The summed E-state index contributed by atoms with van der Waals surface area (Å²) in [5.74, 6) is -3.12. The van der Waals surface area contributed by atoms with Crippen molar-refractivity contribution in [3.05, 3.63) is 77.6 Å². The SMILES string of the molecule is O=C(COC(=O)c1cc(C2CC2)nn1-c1ccccc1)Nc1c(F)cccc1F. The highest BCUT2D eigenvalue weighted by atomic mass is 19.1. The molecule has 148 valence electrons. The van der Waals surface area contributed by atoms with E-state index in [4.69, 9.17) is 4.74 Å². The summed E-state index contributed by atoms with van der Waals surface area (Å²) in [5.41, 5.74) is 1.07. The molecule has 1 aliphatic carbocycles. The summed E-state index contributed by atoms with van der Waals surface area (Å²) in [4.78, 5) is 24.6. The molecule has 0 saturated heterocycles. The number of rotatable bonds is 6. The number of esters is 1. The van der Waals surface area contributed by atoms with E-state index in [1.54, 1.807) is 18.2 Å². The van der Waals surface area contributed by atoms with Crippen molar-refractivity contribution in [3.63, 3.8) is 0 Å². The fourth-order valence-corrected chi connectivity index (χ4v) is 2.89. The van der Waals surface area contributed by atoms with Crippen LogP contribution in [0.3, 0.4) is 0 Å². The molecule has 1 aliphatic rings. The molecule has 8 heteroatoms. The molecule has 1 fully saturated rings. The van der Waals surface area contributed by atoms with Gasteiger partial charge >= 0.3 is 5.97 Å². The van der Waals surface area contributed by atoms with E-state index in [1.807, 2.05) is 18.2 Å². The number of hydrogen-bond acceptors (Lipinski definition) is 4. The minimum absolute atomic E-state index is 0.183. The van der Waals surface area contributed by atoms with Crippen LogP contribution in [0.2, 0.25) is 0 Å². The normalized spacial score (nSPS) is 13.2. The van der Waals surface area contributed by atoms with E-state index < -0.39 is 35.8 Å². The number of anilines is 1. The number of hydrogen-bond donors (Lipinski definition) is 1. The number of carbonyl (C=O) groups excluding carboxylic acids is 2. The monoisotopic (exact) mass is 397 g/mol. The molecule has 1 saturated carbocycles. The quantitative estimate of drug-likeness (QED) is 0.642. The van der Waals surface area contributed by atoms with Crippen molar-refractivity contribution in [2.75, 3.05) is 11.9 Å². The Morgan fingerprint density at radius 3 is 2.41 bits per heavy atom. The van der Waals surface area contributed by atoms with Crippen LogP contribution in [0, 0.1) is 11.6 Å². The molecule has 0 atom stereocenters. The zero-order valence-electron chi connectivity index (χ0n) is 15.3. The number of nitrogens with zero attached hydrogens (tertiary/aromatic N) is 2. The average Bonchev–Trinajstić information content (AvgIpc) is 3.48. The fourth-order valence-electron chi connectivity index (χ4n) is 2.89. The first-order valence-electron chi connectivity index (χ1n) is 9.09. The lowest BCUT2D eigenvalue weighted by molar-refractivity contribution is -0.119. The zero-order chi connectivity index (χ0) is 20.4. The van der Waals surface area contributed by atoms with Crippen LogP contribution < -0.4 is 5.32 Å². The van der Waals surface area contributed by atoms with Crippen LogP contribution >= 0.6 is 0 Å². The first-order chi connectivity index (χ1) is 14.0. The Labute approximate surface area is 165 Å². The lowest BCUT2D eigenvalue weighted by Gasteiger charge is -2.09. The predicted octanol–water partition coefficient (Wildman–Crippen LogP) is 3.82. The van der Waals surface area contributed by atoms with Gasteiger partial charge in [0.1, 0.15) is 17.3 Å². The molecule has 0 bridgehead atoms. The lowest BCUT2D eigenvalue weighted by Crippen LogP contribution is -2.23. The predicted molar refractivity (Wildman–Crippen MR) is 101 cm³/mol. The van der Waals surface area contributed by atoms with E-state index in [0.29, 0.717) is 11.6 Å². The minimum atomic E-state index is -0.916. The van der Waals surface area contributed by atoms with E-state index in [1.165, 1.54) is 10.7 Å². The fraction of sp³-hybridized carbons (Fsp3) is 0.190. The summed E-state index contributed by atoms with van der Waals surface area (Å²) in [7, 11) is 0. The molecule has 1 amide bonds. The Balaban J connectivity index is 1.48. The Hall–Kier alpha value is -3.55. The van der Waals surface area contributed by atoms with Gasteiger partial charge in [0.15, 0.2) is 12.3 Å². The standard InChI is InChI=1S/C21H17F2N3O3/c22-15-7-4-8-16(23)20(15)24-19(27)12-29-21(28)18-11-17(13-9-10-13)25-26(18)14-5-2-1-3-6-14/h1-8,11,13H,9-10,12H2,(H,24,27). The van der Waals surface area contributed by atoms with E-state index in [9.17, 15) is 18.4 Å². The minimum Gasteiger partial charge on any atom is -0.451 e. The third kappa shape index (κ3) is 4.16. The van der Waals surface area contributed by atoms with Gasteiger partial charge in [0.25, 0.3) is 5.91 Å². The second-order valence-corrected chi connectivity index (χ2v) is 6.70. The second kappa shape index (κ2) is 7.83. The van der Waals surface area contributed by atoms with Gasteiger partial charge in [-0.2, -0.15) is 5.10 Å². The van der Waals surface area contributed by atoms with Crippen LogP contribution in [-0.4, -0.2) is 28.3 Å². The topological polar surface area (TPSA) is 73.2 Å². The number of benzene rings is 2. The maximum absolute atomic E-state index is 13.6. The van der Waals surface area contributed by atoms with Crippen LogP contribution in [0.25, 0.3) is 5.69 Å². The Bertz CT molecular complexity index is 1040. The number of para-hydroxylation sites is 2. The maximum atomic E-state index is 13.6. The third-order valence-electron chi connectivity index (χ3n) is 4.50. The van der Waals surface area contributed by atoms with Crippen molar-refractivity contribution < 1.29 is 23.1 Å². The van der Waals surface area contributed by atoms with Crippen LogP contribution in [-0.2, 0) is 9.53 Å². The first kappa shape index (κ1) is 18.8. The Kier molecular flexibility index (Phi) is 5.07. The number of aromatic nitrogens is 2. The summed E-state index contributed by atoms with van der Waals surface area (Å²) in [6.07, 6.45) is 2.02. The highest BCUT2D eigenvalue weighted by molar-refractivity contribution is 5.95. The van der Waals surface area contributed by atoms with Gasteiger partial charge in [-0.15, -0.1) is 0 Å². The highest BCUT2D eigenvalue weighted by Gasteiger charge is 2.29. The van der Waals surface area contributed by atoms with Crippen molar-refractivity contribution in [1.82, 2.24) is 9.78 Å². The van der Waals surface area contributed by atoms with Gasteiger partial charge in [-0.05, 0) is 43.2 Å². The van der Waals surface area contributed by atoms with Gasteiger partial charge in [-0.3, -0.25) is 4.79 Å². The summed E-state index contributed by atoms with van der Waals surface area (Å²) in [6.45, 7) is -0.689. The number of nitrogens with one attached hydrogen (secondary N) is 1. The third-order valence-corrected chi connectivity index (χ3v) is 4.50. The van der Waals surface area contributed by atoms with Crippen molar-refractivity contribution in [3.8, 4) is 5.69 Å². The molecular formula is C21H17F2N3O3. The van der Waals surface area contributed by atoms with Crippen molar-refractivity contribution in [2.45, 2.75) is 18.8 Å². The smallest absolute Gasteiger partial charge is 0.357 e. The van der Waals surface area contributed by atoms with Crippen LogP contribution in [0.15, 0.2) is 54.6 Å². The van der Waals surface area contributed by atoms with Crippen LogP contribution in [0.5, 0.6) is 0 Å². The molecule has 3 aromatic rings. The number of ether oxygens (including phenoxy) is 1. The summed E-state index contributed by atoms with van der Waals surface area (Å²) in [6, 6.07) is 14.0. The number of carbonyl (C=O) groups is 2. The van der Waals surface area contributed by atoms with Crippen molar-refractivity contribution in [2.24, 2.45) is 0 Å². The maximum Gasteiger partial charge on any atom is 0.357 e. The molecule has 1 N–H and O–H groups in total. The number of amides is 1.